The Kier molecular flexibility index (Phi) is 6.72. The molecule has 0 radical (unpaired) electrons. The molecule has 0 heterocycles. The number of rotatable bonds is 5. The number of ether oxygens (including phenoxy) is 1. The zero-order valence-corrected chi connectivity index (χ0v) is 21.9. The van der Waals surface area contributed by atoms with Crippen LogP contribution in [0.2, 0.25) is 0 Å². The molecule has 1 unspecified atom stereocenters. The maximum Gasteiger partial charge on any atom is 0.306 e. The molecule has 2 aromatic carbocycles. The molecular weight excluding hydrogens is 540 g/mol. The summed E-state index contributed by atoms with van der Waals surface area (Å²) in [6.45, 7) is 1.43. The van der Waals surface area contributed by atoms with Gasteiger partial charge in [0.25, 0.3) is 0 Å². The van der Waals surface area contributed by atoms with Crippen LogP contribution in [-0.4, -0.2) is 61.2 Å². The molecule has 2 saturated carbocycles. The number of aliphatic hydroxyl groups is 1. The fraction of sp³-hybridized carbons (Fsp3) is 0.429. The van der Waals surface area contributed by atoms with E-state index in [1.807, 2.05) is 0 Å². The van der Waals surface area contributed by atoms with Crippen LogP contribution in [0.3, 0.4) is 0 Å². The molecule has 13 nitrogen and oxygen atoms in total. The second-order valence-electron chi connectivity index (χ2n) is 10.7. The van der Waals surface area contributed by atoms with Gasteiger partial charge in [-0.25, -0.2) is 0 Å². The van der Waals surface area contributed by atoms with Crippen LogP contribution in [0.1, 0.15) is 67.5 Å². The summed E-state index contributed by atoms with van der Waals surface area (Å²) in [5.41, 5.74) is 0.631. The number of phenols is 3. The summed E-state index contributed by atoms with van der Waals surface area (Å²) >= 11 is 0. The smallest absolute Gasteiger partial charge is 0.306 e. The van der Waals surface area contributed by atoms with E-state index in [4.69, 9.17) is 10.5 Å². The van der Waals surface area contributed by atoms with E-state index in [2.05, 4.69) is 5.32 Å². The highest BCUT2D eigenvalue weighted by Crippen LogP contribution is 2.57. The van der Waals surface area contributed by atoms with Crippen LogP contribution in [0.5, 0.6) is 17.2 Å². The topological polar surface area (TPSA) is 231 Å². The Labute approximate surface area is 232 Å². The summed E-state index contributed by atoms with van der Waals surface area (Å²) in [5, 5.41) is 47.0. The molecule has 13 heteroatoms. The molecular formula is C28H28N2O11. The lowest BCUT2D eigenvalue weighted by Gasteiger charge is -2.46. The van der Waals surface area contributed by atoms with Crippen molar-refractivity contribution in [3.63, 3.8) is 0 Å². The molecule has 0 spiro atoms. The van der Waals surface area contributed by atoms with Crippen LogP contribution >= 0.6 is 0 Å². The van der Waals surface area contributed by atoms with Gasteiger partial charge in [-0.05, 0) is 25.0 Å². The number of carbonyl (C=O) groups excluding carboxylic acids is 6. The van der Waals surface area contributed by atoms with Gasteiger partial charge in [-0.1, -0.05) is 19.8 Å². The fourth-order valence-electron chi connectivity index (χ4n) is 6.30. The number of primary amides is 1. The Bertz CT molecular complexity index is 1560. The molecule has 3 aliphatic rings. The zero-order chi connectivity index (χ0) is 30.0. The van der Waals surface area contributed by atoms with Crippen molar-refractivity contribution in [1.29, 1.82) is 0 Å². The van der Waals surface area contributed by atoms with E-state index in [-0.39, 0.29) is 29.3 Å². The molecule has 0 aliphatic heterocycles. The SMILES string of the molecule is CCC(=O)O[C@H]1c2c(c(O)c3c(O)ccc(NC(=O)C4CCCC4)c3c2O)C(=O)[C@]2(O)C(=O)C(C(N)=O)C(=O)C[C@H]12. The van der Waals surface area contributed by atoms with Crippen LogP contribution in [-0.2, 0) is 28.7 Å². The zero-order valence-electron chi connectivity index (χ0n) is 21.9. The minimum atomic E-state index is -3.15. The van der Waals surface area contributed by atoms with E-state index in [0.29, 0.717) is 12.8 Å². The number of benzene rings is 2. The van der Waals surface area contributed by atoms with E-state index >= 15 is 0 Å². The fourth-order valence-corrected chi connectivity index (χ4v) is 6.30. The number of hydrogen-bond donors (Lipinski definition) is 6. The van der Waals surface area contributed by atoms with Gasteiger partial charge in [0.1, 0.15) is 23.4 Å². The highest BCUT2D eigenvalue weighted by atomic mass is 16.5. The normalized spacial score (nSPS) is 26.0. The average molecular weight is 569 g/mol. The summed E-state index contributed by atoms with van der Waals surface area (Å²) in [7, 11) is 0. The first-order chi connectivity index (χ1) is 19.3. The highest BCUT2D eigenvalue weighted by Gasteiger charge is 2.66. The van der Waals surface area contributed by atoms with E-state index in [9.17, 15) is 49.2 Å². The van der Waals surface area contributed by atoms with Crippen LogP contribution in [0.25, 0.3) is 10.8 Å². The van der Waals surface area contributed by atoms with E-state index in [0.717, 1.165) is 18.9 Å². The van der Waals surface area contributed by atoms with Crippen molar-refractivity contribution in [3.8, 4) is 17.2 Å². The van der Waals surface area contributed by atoms with Gasteiger partial charge in [0.2, 0.25) is 17.6 Å². The molecule has 3 aliphatic carbocycles. The van der Waals surface area contributed by atoms with Crippen molar-refractivity contribution in [2.45, 2.75) is 57.2 Å². The van der Waals surface area contributed by atoms with Crippen molar-refractivity contribution in [1.82, 2.24) is 0 Å². The summed E-state index contributed by atoms with van der Waals surface area (Å²) < 4.78 is 5.47. The number of aromatic hydroxyl groups is 3. The number of fused-ring (bicyclic) bond motifs is 3. The minimum absolute atomic E-state index is 0.0382. The first kappa shape index (κ1) is 28.0. The van der Waals surface area contributed by atoms with Crippen molar-refractivity contribution in [2.75, 3.05) is 5.32 Å². The number of ketones is 3. The number of nitrogens with one attached hydrogen (secondary N) is 1. The van der Waals surface area contributed by atoms with Crippen LogP contribution < -0.4 is 11.1 Å². The number of Topliss-reactive ketones (excluding diaryl/α,β-unsaturated/α-hetero) is 3. The Hall–Kier alpha value is -4.52. The number of anilines is 1. The summed E-state index contributed by atoms with van der Waals surface area (Å²) in [5.74, 6) is -13.4. The molecule has 4 atom stereocenters. The molecule has 41 heavy (non-hydrogen) atoms. The number of phenolic OH excluding ortho intramolecular Hbond substituents is 3. The van der Waals surface area contributed by atoms with Gasteiger partial charge in [-0.3, -0.25) is 28.8 Å². The lowest BCUT2D eigenvalue weighted by Crippen LogP contribution is -2.65. The van der Waals surface area contributed by atoms with Crippen LogP contribution in [0, 0.1) is 17.8 Å². The number of hydrogen-bond acceptors (Lipinski definition) is 11. The Morgan fingerprint density at radius 1 is 1.05 bits per heavy atom. The third-order valence-corrected chi connectivity index (χ3v) is 8.37. The molecule has 0 saturated heterocycles. The highest BCUT2D eigenvalue weighted by molar-refractivity contribution is 6.32. The third-order valence-electron chi connectivity index (χ3n) is 8.37. The summed E-state index contributed by atoms with van der Waals surface area (Å²) in [6, 6.07) is 2.38. The Morgan fingerprint density at radius 3 is 2.32 bits per heavy atom. The first-order valence-corrected chi connectivity index (χ1v) is 13.2. The maximum absolute atomic E-state index is 13.8. The molecule has 5 rings (SSSR count). The summed E-state index contributed by atoms with van der Waals surface area (Å²) in [4.78, 5) is 77.3. The Balaban J connectivity index is 1.79. The van der Waals surface area contributed by atoms with Crippen LogP contribution in [0.4, 0.5) is 5.69 Å². The number of carbonyl (C=O) groups is 6. The van der Waals surface area contributed by atoms with Gasteiger partial charge in [-0.2, -0.15) is 0 Å². The number of amides is 2. The third kappa shape index (κ3) is 4.02. The van der Waals surface area contributed by atoms with Gasteiger partial charge < -0.3 is 36.2 Å². The monoisotopic (exact) mass is 568 g/mol. The average Bonchev–Trinajstić information content (AvgIpc) is 3.46. The quantitative estimate of drug-likeness (QED) is 0.171. The lowest BCUT2D eigenvalue weighted by atomic mass is 9.59. The lowest BCUT2D eigenvalue weighted by molar-refractivity contribution is -0.173. The maximum atomic E-state index is 13.8. The molecule has 216 valence electrons. The largest absolute Gasteiger partial charge is 0.507 e. The Morgan fingerprint density at radius 2 is 1.71 bits per heavy atom. The molecule has 2 amide bonds. The predicted octanol–water partition coefficient (Wildman–Crippen LogP) is 1.27. The number of nitrogens with two attached hydrogens (primary N) is 1. The minimum Gasteiger partial charge on any atom is -0.507 e. The van der Waals surface area contributed by atoms with Gasteiger partial charge >= 0.3 is 5.97 Å². The van der Waals surface area contributed by atoms with Crippen molar-refractivity contribution in [2.24, 2.45) is 23.5 Å². The van der Waals surface area contributed by atoms with Gasteiger partial charge in [0.05, 0.1) is 33.5 Å². The summed E-state index contributed by atoms with van der Waals surface area (Å²) in [6.07, 6.45) is 0.141. The van der Waals surface area contributed by atoms with Crippen LogP contribution in [0.15, 0.2) is 12.1 Å². The van der Waals surface area contributed by atoms with Gasteiger partial charge in [0, 0.05) is 18.8 Å². The first-order valence-electron chi connectivity index (χ1n) is 13.2. The van der Waals surface area contributed by atoms with E-state index < -0.39 is 92.9 Å². The molecule has 7 N–H and O–H groups in total. The van der Waals surface area contributed by atoms with Crippen molar-refractivity contribution in [3.05, 3.63) is 23.3 Å². The molecule has 2 aromatic rings. The predicted molar refractivity (Wildman–Crippen MR) is 139 cm³/mol. The van der Waals surface area contributed by atoms with E-state index in [1.54, 1.807) is 0 Å². The van der Waals surface area contributed by atoms with E-state index in [1.165, 1.54) is 13.0 Å². The second-order valence-corrected chi connectivity index (χ2v) is 10.7. The number of esters is 1. The molecule has 0 bridgehead atoms. The van der Waals surface area contributed by atoms with Gasteiger partial charge in [0.15, 0.2) is 23.1 Å². The van der Waals surface area contributed by atoms with Crippen molar-refractivity contribution >= 4 is 51.6 Å². The molecule has 2 fully saturated rings. The molecule has 0 aromatic heterocycles. The van der Waals surface area contributed by atoms with Crippen molar-refractivity contribution < 1.29 is 53.9 Å². The standard InChI is InChI=1S/C28H28N2O11/c1-2-15(33)41-23-11-9-14(32)18(26(29)38)24(36)28(11,40)25(37)20-19(23)21(34)16-12(7-8-13(31)17(16)22(20)35)30-27(39)10-5-3-4-6-10/h7-8,10-11,18,23,31,34-35,40H,2-6,9H2,1H3,(H2,29,38)(H,30,39)/t11-,18?,23-,28-/m1/s1. The second kappa shape index (κ2) is 9.84. The van der Waals surface area contributed by atoms with Gasteiger partial charge in [-0.15, -0.1) is 0 Å².